The Labute approximate surface area is 163 Å². The number of carbonyl (C=O) groups is 2. The lowest BCUT2D eigenvalue weighted by molar-refractivity contribution is -0.142. The number of sulfone groups is 1. The Kier molecular flexibility index (Phi) is 6.46. The van der Waals surface area contributed by atoms with E-state index in [2.05, 4.69) is 11.8 Å². The fourth-order valence-corrected chi connectivity index (χ4v) is 6.45. The molecule has 0 radical (unpaired) electrons. The first-order valence-corrected chi connectivity index (χ1v) is 12.1. The van der Waals surface area contributed by atoms with Crippen LogP contribution in [-0.4, -0.2) is 92.3 Å². The highest BCUT2D eigenvalue weighted by Gasteiger charge is 2.38. The van der Waals surface area contributed by atoms with Crippen molar-refractivity contribution < 1.29 is 18.0 Å². The molecule has 1 aliphatic carbocycles. The van der Waals surface area contributed by atoms with Crippen molar-refractivity contribution >= 4 is 21.7 Å². The normalized spacial score (nSPS) is 31.6. The molecule has 2 amide bonds. The molecule has 7 nitrogen and oxygen atoms in total. The number of piperazine rings is 1. The highest BCUT2D eigenvalue weighted by Crippen LogP contribution is 2.32. The van der Waals surface area contributed by atoms with Gasteiger partial charge in [-0.2, -0.15) is 0 Å². The molecule has 0 aromatic rings. The summed E-state index contributed by atoms with van der Waals surface area (Å²) in [6.07, 6.45) is 3.53. The number of likely N-dealkylation sites (N-methyl/N-ethyl adjacent to an activating group) is 1. The van der Waals surface area contributed by atoms with Gasteiger partial charge in [0.2, 0.25) is 11.8 Å². The lowest BCUT2D eigenvalue weighted by Crippen LogP contribution is -2.50. The second kappa shape index (κ2) is 8.47. The maximum atomic E-state index is 12.8. The van der Waals surface area contributed by atoms with Gasteiger partial charge in [0.25, 0.3) is 0 Å². The number of amides is 2. The predicted octanol–water partition coefficient (Wildman–Crippen LogP) is 0.602. The molecule has 2 heterocycles. The number of nitrogens with zero attached hydrogens (tertiary/aromatic N) is 3. The van der Waals surface area contributed by atoms with Crippen LogP contribution in [0.5, 0.6) is 0 Å². The van der Waals surface area contributed by atoms with Gasteiger partial charge in [-0.25, -0.2) is 8.42 Å². The second-order valence-electron chi connectivity index (χ2n) is 8.31. The molecule has 1 atom stereocenters. The highest BCUT2D eigenvalue weighted by atomic mass is 32.2. The molecule has 1 unspecified atom stereocenters. The third kappa shape index (κ3) is 4.83. The van der Waals surface area contributed by atoms with Gasteiger partial charge >= 0.3 is 0 Å². The smallest absolute Gasteiger partial charge is 0.225 e. The number of rotatable bonds is 4. The van der Waals surface area contributed by atoms with Crippen LogP contribution in [0.4, 0.5) is 0 Å². The Morgan fingerprint density at radius 3 is 2.07 bits per heavy atom. The minimum absolute atomic E-state index is 0.0411. The number of hydrogen-bond acceptors (Lipinski definition) is 5. The van der Waals surface area contributed by atoms with Crippen molar-refractivity contribution in [3.63, 3.8) is 0 Å². The summed E-state index contributed by atoms with van der Waals surface area (Å²) in [6, 6.07) is -0.184. The van der Waals surface area contributed by atoms with Crippen LogP contribution >= 0.6 is 0 Å². The summed E-state index contributed by atoms with van der Waals surface area (Å²) in [4.78, 5) is 31.6. The van der Waals surface area contributed by atoms with Crippen LogP contribution in [0.25, 0.3) is 0 Å². The van der Waals surface area contributed by atoms with Crippen LogP contribution in [0.1, 0.15) is 39.0 Å². The quantitative estimate of drug-likeness (QED) is 0.692. The van der Waals surface area contributed by atoms with E-state index in [-0.39, 0.29) is 41.2 Å². The Bertz CT molecular complexity index is 650. The van der Waals surface area contributed by atoms with Gasteiger partial charge in [0.1, 0.15) is 0 Å². The van der Waals surface area contributed by atoms with Gasteiger partial charge in [-0.15, -0.1) is 0 Å². The fourth-order valence-electron chi connectivity index (χ4n) is 4.68. The first kappa shape index (κ1) is 20.6. The van der Waals surface area contributed by atoms with Crippen molar-refractivity contribution in [2.75, 3.05) is 51.3 Å². The molecule has 2 saturated heterocycles. The molecular formula is C19H33N3O4S. The molecule has 27 heavy (non-hydrogen) atoms. The van der Waals surface area contributed by atoms with Crippen molar-refractivity contribution in [2.45, 2.75) is 45.1 Å². The zero-order valence-corrected chi connectivity index (χ0v) is 17.4. The Morgan fingerprint density at radius 1 is 0.963 bits per heavy atom. The van der Waals surface area contributed by atoms with E-state index in [1.807, 2.05) is 4.90 Å². The van der Waals surface area contributed by atoms with E-state index in [1.54, 1.807) is 11.9 Å². The molecule has 1 saturated carbocycles. The van der Waals surface area contributed by atoms with Gasteiger partial charge < -0.3 is 14.7 Å². The Balaban J connectivity index is 1.47. The molecule has 2 aliphatic heterocycles. The van der Waals surface area contributed by atoms with Gasteiger partial charge in [-0.3, -0.25) is 9.59 Å². The highest BCUT2D eigenvalue weighted by molar-refractivity contribution is 7.91. The van der Waals surface area contributed by atoms with E-state index < -0.39 is 9.84 Å². The van der Waals surface area contributed by atoms with E-state index in [0.29, 0.717) is 6.42 Å². The molecule has 0 aromatic carbocycles. The molecule has 0 spiro atoms. The average Bonchev–Trinajstić information content (AvgIpc) is 3.06. The summed E-state index contributed by atoms with van der Waals surface area (Å²) in [5.41, 5.74) is 0. The molecule has 0 bridgehead atoms. The summed E-state index contributed by atoms with van der Waals surface area (Å²) in [5, 5.41) is 0. The first-order chi connectivity index (χ1) is 12.8. The summed E-state index contributed by atoms with van der Waals surface area (Å²) < 4.78 is 23.3. The molecule has 3 rings (SSSR count). The maximum Gasteiger partial charge on any atom is 0.225 e. The summed E-state index contributed by atoms with van der Waals surface area (Å²) >= 11 is 0. The lowest BCUT2D eigenvalue weighted by atomic mass is 9.80. The zero-order chi connectivity index (χ0) is 19.6. The predicted molar refractivity (Wildman–Crippen MR) is 104 cm³/mol. The van der Waals surface area contributed by atoms with Crippen molar-refractivity contribution in [2.24, 2.45) is 11.8 Å². The average molecular weight is 400 g/mol. The molecule has 154 valence electrons. The van der Waals surface area contributed by atoms with Crippen LogP contribution < -0.4 is 0 Å². The summed E-state index contributed by atoms with van der Waals surface area (Å²) in [6.45, 7) is 6.70. The van der Waals surface area contributed by atoms with Crippen LogP contribution in [0, 0.1) is 11.8 Å². The van der Waals surface area contributed by atoms with Crippen LogP contribution in [0.15, 0.2) is 0 Å². The van der Waals surface area contributed by atoms with Gasteiger partial charge in [-0.05, 0) is 38.6 Å². The van der Waals surface area contributed by atoms with Crippen molar-refractivity contribution in [1.82, 2.24) is 14.7 Å². The van der Waals surface area contributed by atoms with E-state index in [0.717, 1.165) is 58.4 Å². The SMILES string of the molecule is CCN1CCN(C(=O)C2CCC(C(=O)N(C)C3CCS(=O)(=O)C3)CC2)CC1. The van der Waals surface area contributed by atoms with Crippen molar-refractivity contribution in [1.29, 1.82) is 0 Å². The second-order valence-corrected chi connectivity index (χ2v) is 10.5. The van der Waals surface area contributed by atoms with E-state index in [4.69, 9.17) is 0 Å². The lowest BCUT2D eigenvalue weighted by Gasteiger charge is -2.38. The number of carbonyl (C=O) groups excluding carboxylic acids is 2. The standard InChI is InChI=1S/C19H33N3O4S/c1-3-21-9-11-22(12-10-21)19(24)16-6-4-15(5-7-16)18(23)20(2)17-8-13-27(25,26)14-17/h15-17H,3-14H2,1-2H3. The van der Waals surface area contributed by atoms with Crippen LogP contribution in [0.2, 0.25) is 0 Å². The Morgan fingerprint density at radius 2 is 1.56 bits per heavy atom. The van der Waals surface area contributed by atoms with Gasteiger partial charge in [0.05, 0.1) is 11.5 Å². The van der Waals surface area contributed by atoms with Crippen molar-refractivity contribution in [3.8, 4) is 0 Å². The molecule has 0 aromatic heterocycles. The Hall–Kier alpha value is -1.15. The zero-order valence-electron chi connectivity index (χ0n) is 16.6. The minimum Gasteiger partial charge on any atom is -0.341 e. The molecule has 8 heteroatoms. The van der Waals surface area contributed by atoms with Gasteiger partial charge in [-0.1, -0.05) is 6.92 Å². The minimum atomic E-state index is -2.99. The van der Waals surface area contributed by atoms with E-state index in [1.165, 1.54) is 0 Å². The monoisotopic (exact) mass is 399 g/mol. The summed E-state index contributed by atoms with van der Waals surface area (Å²) in [7, 11) is -1.26. The molecule has 3 aliphatic rings. The third-order valence-electron chi connectivity index (χ3n) is 6.66. The van der Waals surface area contributed by atoms with Crippen molar-refractivity contribution in [3.05, 3.63) is 0 Å². The summed E-state index contributed by atoms with van der Waals surface area (Å²) in [5.74, 6) is 0.555. The first-order valence-electron chi connectivity index (χ1n) is 10.3. The fraction of sp³-hybridized carbons (Fsp3) is 0.895. The largest absolute Gasteiger partial charge is 0.341 e. The van der Waals surface area contributed by atoms with Gasteiger partial charge in [0, 0.05) is 51.1 Å². The molecule has 3 fully saturated rings. The van der Waals surface area contributed by atoms with Crippen LogP contribution in [-0.2, 0) is 19.4 Å². The van der Waals surface area contributed by atoms with E-state index >= 15 is 0 Å². The third-order valence-corrected chi connectivity index (χ3v) is 8.41. The van der Waals surface area contributed by atoms with Gasteiger partial charge in [0.15, 0.2) is 9.84 Å². The van der Waals surface area contributed by atoms with E-state index in [9.17, 15) is 18.0 Å². The topological polar surface area (TPSA) is 78.0 Å². The molecule has 0 N–H and O–H groups in total. The maximum absolute atomic E-state index is 12.8. The molecular weight excluding hydrogens is 366 g/mol. The number of hydrogen-bond donors (Lipinski definition) is 0. The van der Waals surface area contributed by atoms with Crippen LogP contribution in [0.3, 0.4) is 0 Å².